The number of nitrogens with two attached hydrogens (primary N) is 1. The molecule has 2 aliphatic rings. The summed E-state index contributed by atoms with van der Waals surface area (Å²) < 4.78 is 20.1. The van der Waals surface area contributed by atoms with Crippen LogP contribution in [0.3, 0.4) is 0 Å². The Bertz CT molecular complexity index is 1100. The average molecular weight is 453 g/mol. The second-order valence-corrected chi connectivity index (χ2v) is 8.61. The maximum atomic E-state index is 14.4. The first-order chi connectivity index (χ1) is 15.8. The fraction of sp³-hybridized carbons (Fsp3) is 0.400. The highest BCUT2D eigenvalue weighted by Crippen LogP contribution is 2.32. The summed E-state index contributed by atoms with van der Waals surface area (Å²) in [4.78, 5) is 31.7. The van der Waals surface area contributed by atoms with Gasteiger partial charge in [-0.15, -0.1) is 0 Å². The number of guanidine groups is 1. The number of carbonyl (C=O) groups is 2. The van der Waals surface area contributed by atoms with Crippen molar-refractivity contribution in [2.24, 2.45) is 10.7 Å². The lowest BCUT2D eigenvalue weighted by Gasteiger charge is -2.36. The van der Waals surface area contributed by atoms with Crippen LogP contribution in [-0.2, 0) is 11.3 Å². The molecule has 0 saturated carbocycles. The number of fused-ring (bicyclic) bond motifs is 1. The van der Waals surface area contributed by atoms with Crippen molar-refractivity contribution in [2.75, 3.05) is 6.61 Å². The maximum Gasteiger partial charge on any atom is 0.251 e. The van der Waals surface area contributed by atoms with Crippen LogP contribution in [0.5, 0.6) is 5.75 Å². The third-order valence-corrected chi connectivity index (χ3v) is 6.55. The van der Waals surface area contributed by atoms with Crippen molar-refractivity contribution in [3.8, 4) is 5.75 Å². The number of hydrogen-bond donors (Lipinski definition) is 2. The smallest absolute Gasteiger partial charge is 0.251 e. The summed E-state index contributed by atoms with van der Waals surface area (Å²) in [6.07, 6.45) is 2.30. The number of hydrogen-bond acceptors (Lipinski definition) is 5. The number of aliphatic imine (C=N–C) groups is 1. The van der Waals surface area contributed by atoms with E-state index in [2.05, 4.69) is 10.3 Å². The molecule has 33 heavy (non-hydrogen) atoms. The van der Waals surface area contributed by atoms with Crippen LogP contribution in [0.25, 0.3) is 0 Å². The van der Waals surface area contributed by atoms with Gasteiger partial charge in [0.2, 0.25) is 5.91 Å². The van der Waals surface area contributed by atoms with Gasteiger partial charge in [0, 0.05) is 17.5 Å². The summed E-state index contributed by atoms with van der Waals surface area (Å²) in [5, 5.41) is 2.98. The number of rotatable bonds is 6. The quantitative estimate of drug-likeness (QED) is 0.699. The molecule has 1 atom stereocenters. The summed E-state index contributed by atoms with van der Waals surface area (Å²) in [5.74, 6) is -0.228. The van der Waals surface area contributed by atoms with E-state index in [0.717, 1.165) is 11.3 Å². The van der Waals surface area contributed by atoms with E-state index in [1.54, 1.807) is 6.07 Å². The van der Waals surface area contributed by atoms with Gasteiger partial charge >= 0.3 is 0 Å². The second-order valence-electron chi connectivity index (χ2n) is 8.61. The lowest BCUT2D eigenvalue weighted by atomic mass is 9.88. The molecule has 4 rings (SSSR count). The molecule has 2 amide bonds. The van der Waals surface area contributed by atoms with Crippen molar-refractivity contribution in [3.05, 3.63) is 65.0 Å². The zero-order chi connectivity index (χ0) is 23.6. The standard InChI is InChI=1S/C25H29FN4O3/c1-3-25(4-2)14-22(31)30(24(27)29-25)15-16-11-17(13-18(26)12-16)23(32)28-20-9-10-33-21-8-6-5-7-19(20)21/h5-8,11-13,20H,3-4,9-10,14-15H2,1-2H3,(H2,27,29)(H,28,32)/t20-/m0/s1. The van der Waals surface area contributed by atoms with Gasteiger partial charge < -0.3 is 15.8 Å². The molecule has 0 bridgehead atoms. The minimum atomic E-state index is -0.554. The summed E-state index contributed by atoms with van der Waals surface area (Å²) in [6.45, 7) is 4.51. The third kappa shape index (κ3) is 4.69. The highest BCUT2D eigenvalue weighted by molar-refractivity contribution is 5.99. The first-order valence-electron chi connectivity index (χ1n) is 11.3. The molecule has 8 heteroatoms. The molecule has 0 fully saturated rings. The topological polar surface area (TPSA) is 97.0 Å². The lowest BCUT2D eigenvalue weighted by molar-refractivity contribution is -0.130. The molecule has 2 aromatic rings. The van der Waals surface area contributed by atoms with Gasteiger partial charge in [-0.05, 0) is 42.7 Å². The summed E-state index contributed by atoms with van der Waals surface area (Å²) in [5.41, 5.74) is 7.19. The Morgan fingerprint density at radius 2 is 2.03 bits per heavy atom. The van der Waals surface area contributed by atoms with Crippen LogP contribution in [0.2, 0.25) is 0 Å². The van der Waals surface area contributed by atoms with Crippen molar-refractivity contribution in [1.29, 1.82) is 0 Å². The van der Waals surface area contributed by atoms with Crippen LogP contribution in [0.15, 0.2) is 47.5 Å². The fourth-order valence-corrected chi connectivity index (χ4v) is 4.46. The normalized spacial score (nSPS) is 19.4. The van der Waals surface area contributed by atoms with Gasteiger partial charge in [0.25, 0.3) is 5.91 Å². The van der Waals surface area contributed by atoms with Crippen LogP contribution in [0.1, 0.15) is 67.1 Å². The van der Waals surface area contributed by atoms with Gasteiger partial charge in [-0.2, -0.15) is 0 Å². The SMILES string of the molecule is CCC1(CC)CC(=O)N(Cc2cc(F)cc(C(=O)N[C@H]3CCOc4ccccc43)c2)C(N)=N1. The largest absolute Gasteiger partial charge is 0.493 e. The molecule has 2 heterocycles. The van der Waals surface area contributed by atoms with E-state index >= 15 is 0 Å². The Balaban J connectivity index is 1.53. The lowest BCUT2D eigenvalue weighted by Crippen LogP contribution is -2.50. The van der Waals surface area contributed by atoms with Gasteiger partial charge in [-0.25, -0.2) is 9.38 Å². The van der Waals surface area contributed by atoms with E-state index in [-0.39, 0.29) is 42.3 Å². The van der Waals surface area contributed by atoms with Gasteiger partial charge in [0.1, 0.15) is 11.6 Å². The van der Waals surface area contributed by atoms with E-state index in [4.69, 9.17) is 10.5 Å². The molecule has 0 aromatic heterocycles. The predicted octanol–water partition coefficient (Wildman–Crippen LogP) is 3.69. The molecule has 2 aromatic carbocycles. The van der Waals surface area contributed by atoms with Crippen LogP contribution in [0.4, 0.5) is 4.39 Å². The van der Waals surface area contributed by atoms with E-state index in [0.29, 0.717) is 31.4 Å². The molecular formula is C25H29FN4O3. The summed E-state index contributed by atoms with van der Waals surface area (Å²) in [6, 6.07) is 11.4. The third-order valence-electron chi connectivity index (χ3n) is 6.55. The van der Waals surface area contributed by atoms with Crippen molar-refractivity contribution in [1.82, 2.24) is 10.2 Å². The van der Waals surface area contributed by atoms with Crippen molar-refractivity contribution in [2.45, 2.75) is 57.7 Å². The molecule has 174 valence electrons. The van der Waals surface area contributed by atoms with E-state index in [9.17, 15) is 14.0 Å². The number of nitrogens with one attached hydrogen (secondary N) is 1. The molecule has 0 unspecified atom stereocenters. The number of ether oxygens (including phenoxy) is 1. The van der Waals surface area contributed by atoms with Gasteiger partial charge in [0.05, 0.1) is 31.2 Å². The molecule has 2 aliphatic heterocycles. The van der Waals surface area contributed by atoms with Crippen LogP contribution in [-0.4, -0.2) is 34.8 Å². The molecular weight excluding hydrogens is 423 g/mol. The molecule has 0 radical (unpaired) electrons. The maximum absolute atomic E-state index is 14.4. The van der Waals surface area contributed by atoms with Gasteiger partial charge in [-0.1, -0.05) is 32.0 Å². The summed E-state index contributed by atoms with van der Waals surface area (Å²) >= 11 is 0. The Kier molecular flexibility index (Phi) is 6.35. The van der Waals surface area contributed by atoms with Crippen molar-refractivity contribution in [3.63, 3.8) is 0 Å². The Morgan fingerprint density at radius 3 is 2.76 bits per heavy atom. The Labute approximate surface area is 192 Å². The Hall–Kier alpha value is -3.42. The first-order valence-corrected chi connectivity index (χ1v) is 11.3. The first kappa shape index (κ1) is 22.8. The second kappa shape index (κ2) is 9.21. The number of carbonyl (C=O) groups excluding carboxylic acids is 2. The minimum Gasteiger partial charge on any atom is -0.493 e. The molecule has 0 spiro atoms. The summed E-state index contributed by atoms with van der Waals surface area (Å²) in [7, 11) is 0. The van der Waals surface area contributed by atoms with Gasteiger partial charge in [0.15, 0.2) is 5.96 Å². The predicted molar refractivity (Wildman–Crippen MR) is 123 cm³/mol. The molecule has 3 N–H and O–H groups in total. The van der Waals surface area contributed by atoms with Crippen molar-refractivity contribution < 1.29 is 18.7 Å². The molecule has 7 nitrogen and oxygen atoms in total. The number of amides is 2. The van der Waals surface area contributed by atoms with Crippen LogP contribution in [0, 0.1) is 5.82 Å². The number of nitrogens with zero attached hydrogens (tertiary/aromatic N) is 2. The van der Waals surface area contributed by atoms with E-state index in [1.807, 2.05) is 38.1 Å². The van der Waals surface area contributed by atoms with Gasteiger partial charge in [-0.3, -0.25) is 14.5 Å². The monoisotopic (exact) mass is 452 g/mol. The fourth-order valence-electron chi connectivity index (χ4n) is 4.46. The Morgan fingerprint density at radius 1 is 1.27 bits per heavy atom. The minimum absolute atomic E-state index is 0.0514. The van der Waals surface area contributed by atoms with Crippen molar-refractivity contribution >= 4 is 17.8 Å². The zero-order valence-electron chi connectivity index (χ0n) is 18.9. The molecule has 0 saturated heterocycles. The number of halogens is 1. The average Bonchev–Trinajstić information content (AvgIpc) is 2.81. The van der Waals surface area contributed by atoms with Crippen LogP contribution < -0.4 is 15.8 Å². The number of para-hydroxylation sites is 1. The highest BCUT2D eigenvalue weighted by Gasteiger charge is 2.37. The molecule has 0 aliphatic carbocycles. The zero-order valence-corrected chi connectivity index (χ0v) is 18.9. The van der Waals surface area contributed by atoms with E-state index in [1.165, 1.54) is 17.0 Å². The van der Waals surface area contributed by atoms with Crippen LogP contribution >= 0.6 is 0 Å². The van der Waals surface area contributed by atoms with E-state index < -0.39 is 11.4 Å². The highest BCUT2D eigenvalue weighted by atomic mass is 19.1. The number of benzene rings is 2.